The third kappa shape index (κ3) is 2.57. The fourth-order valence-electron chi connectivity index (χ4n) is 2.84. The van der Waals surface area contributed by atoms with Crippen molar-refractivity contribution < 1.29 is 9.18 Å². The summed E-state index contributed by atoms with van der Waals surface area (Å²) in [4.78, 5) is 13.0. The average Bonchev–Trinajstić information content (AvgIpc) is 2.97. The maximum absolute atomic E-state index is 13.5. The highest BCUT2D eigenvalue weighted by atomic mass is 19.1. The van der Waals surface area contributed by atoms with Crippen molar-refractivity contribution in [2.45, 2.75) is 12.3 Å². The summed E-state index contributed by atoms with van der Waals surface area (Å²) >= 11 is 0. The largest absolute Gasteiger partial charge is 0.371 e. The van der Waals surface area contributed by atoms with Gasteiger partial charge >= 0.3 is 0 Å². The fraction of sp³-hybridized carbons (Fsp3) is 0.235. The van der Waals surface area contributed by atoms with E-state index in [9.17, 15) is 9.18 Å². The second-order valence-electron chi connectivity index (χ2n) is 5.20. The number of benzene rings is 2. The quantitative estimate of drug-likeness (QED) is 0.793. The Morgan fingerprint density at radius 1 is 1.15 bits per heavy atom. The summed E-state index contributed by atoms with van der Waals surface area (Å²) in [7, 11) is 0. The number of hydrogen-bond acceptors (Lipinski definition) is 2. The first-order chi connectivity index (χ1) is 9.76. The van der Waals surface area contributed by atoms with Gasteiger partial charge in [0.1, 0.15) is 12.1 Å². The zero-order valence-corrected chi connectivity index (χ0v) is 11.1. The first-order valence-corrected chi connectivity index (χ1v) is 6.82. The Bertz CT molecular complexity index is 612. The van der Waals surface area contributed by atoms with Gasteiger partial charge in [-0.1, -0.05) is 30.3 Å². The summed E-state index contributed by atoms with van der Waals surface area (Å²) in [6.07, 6.45) is 1.74. The lowest BCUT2D eigenvalue weighted by Gasteiger charge is -2.19. The van der Waals surface area contributed by atoms with E-state index in [0.717, 1.165) is 25.2 Å². The highest BCUT2D eigenvalue weighted by Crippen LogP contribution is 2.31. The van der Waals surface area contributed by atoms with Gasteiger partial charge < -0.3 is 4.90 Å². The molecule has 20 heavy (non-hydrogen) atoms. The van der Waals surface area contributed by atoms with Crippen molar-refractivity contribution in [3.63, 3.8) is 0 Å². The van der Waals surface area contributed by atoms with Crippen LogP contribution in [0, 0.1) is 5.82 Å². The lowest BCUT2D eigenvalue weighted by molar-refractivity contribution is 0.112. The van der Waals surface area contributed by atoms with Gasteiger partial charge in [-0.3, -0.25) is 4.79 Å². The minimum Gasteiger partial charge on any atom is -0.371 e. The van der Waals surface area contributed by atoms with Gasteiger partial charge in [0.25, 0.3) is 0 Å². The summed E-state index contributed by atoms with van der Waals surface area (Å²) in [6.45, 7) is 1.76. The van der Waals surface area contributed by atoms with Gasteiger partial charge in [-0.25, -0.2) is 4.39 Å². The molecule has 1 fully saturated rings. The number of carbonyl (C=O) groups excluding carboxylic acids is 1. The molecule has 102 valence electrons. The van der Waals surface area contributed by atoms with Crippen LogP contribution in [0.1, 0.15) is 28.3 Å². The van der Waals surface area contributed by atoms with Crippen LogP contribution in [-0.2, 0) is 0 Å². The van der Waals surface area contributed by atoms with E-state index in [1.807, 2.05) is 18.2 Å². The molecule has 1 aliphatic rings. The van der Waals surface area contributed by atoms with Crippen LogP contribution in [0.15, 0.2) is 48.5 Å². The molecule has 1 saturated heterocycles. The lowest BCUT2D eigenvalue weighted by atomic mass is 9.99. The van der Waals surface area contributed by atoms with Gasteiger partial charge in [0, 0.05) is 30.3 Å². The van der Waals surface area contributed by atoms with Crippen LogP contribution < -0.4 is 4.90 Å². The predicted molar refractivity (Wildman–Crippen MR) is 77.8 cm³/mol. The molecular formula is C17H16FNO. The van der Waals surface area contributed by atoms with Crippen LogP contribution in [0.2, 0.25) is 0 Å². The number of rotatable bonds is 3. The molecule has 1 atom stereocenters. The molecule has 0 amide bonds. The molecule has 0 radical (unpaired) electrons. The Balaban J connectivity index is 1.80. The second-order valence-corrected chi connectivity index (χ2v) is 5.20. The third-order valence-electron chi connectivity index (χ3n) is 3.87. The third-order valence-corrected chi connectivity index (χ3v) is 3.87. The van der Waals surface area contributed by atoms with Gasteiger partial charge in [0.15, 0.2) is 0 Å². The Hall–Kier alpha value is -2.16. The summed E-state index contributed by atoms with van der Waals surface area (Å²) in [5.41, 5.74) is 2.51. The summed E-state index contributed by atoms with van der Waals surface area (Å²) < 4.78 is 13.5. The van der Waals surface area contributed by atoms with Crippen LogP contribution in [0.25, 0.3) is 0 Å². The van der Waals surface area contributed by atoms with Crippen molar-refractivity contribution in [1.82, 2.24) is 0 Å². The van der Waals surface area contributed by atoms with Crippen molar-refractivity contribution >= 4 is 12.0 Å². The Morgan fingerprint density at radius 2 is 1.95 bits per heavy atom. The molecule has 0 aromatic heterocycles. The topological polar surface area (TPSA) is 20.3 Å². The normalized spacial score (nSPS) is 18.2. The van der Waals surface area contributed by atoms with Crippen molar-refractivity contribution in [3.05, 3.63) is 65.5 Å². The molecular weight excluding hydrogens is 253 g/mol. The standard InChI is InChI=1S/C17H16FNO/c18-16-8-13(12-20)9-17(10-16)19-7-6-15(11-19)14-4-2-1-3-5-14/h1-5,8-10,12,15H,6-7,11H2. The number of anilines is 1. The smallest absolute Gasteiger partial charge is 0.150 e. The highest BCUT2D eigenvalue weighted by Gasteiger charge is 2.24. The highest BCUT2D eigenvalue weighted by molar-refractivity contribution is 5.77. The Kier molecular flexibility index (Phi) is 3.50. The van der Waals surface area contributed by atoms with Crippen LogP contribution in [0.3, 0.4) is 0 Å². The van der Waals surface area contributed by atoms with Crippen LogP contribution in [0.5, 0.6) is 0 Å². The molecule has 2 aromatic rings. The molecule has 1 heterocycles. The molecule has 2 nitrogen and oxygen atoms in total. The first kappa shape index (κ1) is 12.9. The van der Waals surface area contributed by atoms with Crippen LogP contribution in [0.4, 0.5) is 10.1 Å². The zero-order valence-electron chi connectivity index (χ0n) is 11.1. The van der Waals surface area contributed by atoms with E-state index in [1.54, 1.807) is 6.07 Å². The number of aldehydes is 1. The number of hydrogen-bond donors (Lipinski definition) is 0. The van der Waals surface area contributed by atoms with Gasteiger partial charge in [-0.15, -0.1) is 0 Å². The maximum atomic E-state index is 13.5. The monoisotopic (exact) mass is 269 g/mol. The van der Waals surface area contributed by atoms with E-state index in [1.165, 1.54) is 17.7 Å². The molecule has 0 bridgehead atoms. The summed E-state index contributed by atoms with van der Waals surface area (Å²) in [5, 5.41) is 0. The number of carbonyl (C=O) groups is 1. The molecule has 0 aliphatic carbocycles. The van der Waals surface area contributed by atoms with Crippen molar-refractivity contribution in [2.75, 3.05) is 18.0 Å². The van der Waals surface area contributed by atoms with E-state index >= 15 is 0 Å². The molecule has 3 heteroatoms. The molecule has 0 N–H and O–H groups in total. The first-order valence-electron chi connectivity index (χ1n) is 6.82. The van der Waals surface area contributed by atoms with E-state index < -0.39 is 0 Å². The van der Waals surface area contributed by atoms with Gasteiger partial charge in [-0.05, 0) is 30.2 Å². The Morgan fingerprint density at radius 3 is 2.70 bits per heavy atom. The molecule has 2 aromatic carbocycles. The van der Waals surface area contributed by atoms with Gasteiger partial charge in [0.05, 0.1) is 0 Å². The Labute approximate surface area is 117 Å². The second kappa shape index (κ2) is 5.45. The van der Waals surface area contributed by atoms with Crippen molar-refractivity contribution in [3.8, 4) is 0 Å². The zero-order chi connectivity index (χ0) is 13.9. The van der Waals surface area contributed by atoms with E-state index in [0.29, 0.717) is 17.8 Å². The summed E-state index contributed by atoms with van der Waals surface area (Å²) in [5.74, 6) is 0.118. The lowest BCUT2D eigenvalue weighted by Crippen LogP contribution is -2.19. The maximum Gasteiger partial charge on any atom is 0.150 e. The molecule has 1 unspecified atom stereocenters. The average molecular weight is 269 g/mol. The minimum absolute atomic E-state index is 0.354. The van der Waals surface area contributed by atoms with Crippen LogP contribution in [-0.4, -0.2) is 19.4 Å². The number of halogens is 1. The van der Waals surface area contributed by atoms with E-state index in [-0.39, 0.29) is 5.82 Å². The molecule has 3 rings (SSSR count). The molecule has 0 saturated carbocycles. The molecule has 0 spiro atoms. The minimum atomic E-state index is -0.354. The van der Waals surface area contributed by atoms with E-state index in [2.05, 4.69) is 17.0 Å². The van der Waals surface area contributed by atoms with Crippen molar-refractivity contribution in [1.29, 1.82) is 0 Å². The SMILES string of the molecule is O=Cc1cc(F)cc(N2CCC(c3ccccc3)C2)c1. The van der Waals surface area contributed by atoms with Crippen molar-refractivity contribution in [2.24, 2.45) is 0 Å². The fourth-order valence-corrected chi connectivity index (χ4v) is 2.84. The number of nitrogens with zero attached hydrogens (tertiary/aromatic N) is 1. The predicted octanol–water partition coefficient (Wildman–Crippen LogP) is 3.63. The van der Waals surface area contributed by atoms with Gasteiger partial charge in [0.2, 0.25) is 0 Å². The van der Waals surface area contributed by atoms with E-state index in [4.69, 9.17) is 0 Å². The molecule has 1 aliphatic heterocycles. The van der Waals surface area contributed by atoms with Gasteiger partial charge in [-0.2, -0.15) is 0 Å². The summed E-state index contributed by atoms with van der Waals surface area (Å²) in [6, 6.07) is 14.9. The van der Waals surface area contributed by atoms with Crippen LogP contribution >= 0.6 is 0 Å².